The summed E-state index contributed by atoms with van der Waals surface area (Å²) in [7, 11) is 1.77. The number of methoxy groups -OCH3 is 1. The molecular weight excluding hydrogens is 240 g/mol. The van der Waals surface area contributed by atoms with E-state index < -0.39 is 0 Å². The Hall–Kier alpha value is -0.610. The summed E-state index contributed by atoms with van der Waals surface area (Å²) < 4.78 is 5.35. The van der Waals surface area contributed by atoms with Gasteiger partial charge in [0.25, 0.3) is 0 Å². The SMILES string of the molecule is COC1CCN(CC(=O)NC2CCC(C)CC2)CC1. The number of carbonyl (C=O) groups is 1. The first-order valence-corrected chi connectivity index (χ1v) is 7.72. The molecule has 4 nitrogen and oxygen atoms in total. The standard InChI is InChI=1S/C15H28N2O2/c1-12-3-5-13(6-4-12)16-15(18)11-17-9-7-14(19-2)8-10-17/h12-14H,3-11H2,1-2H3,(H,16,18). The number of piperidine rings is 1. The topological polar surface area (TPSA) is 41.6 Å². The molecule has 2 rings (SSSR count). The van der Waals surface area contributed by atoms with E-state index in [1.165, 1.54) is 12.8 Å². The number of likely N-dealkylation sites (tertiary alicyclic amines) is 1. The van der Waals surface area contributed by atoms with Gasteiger partial charge in [0.2, 0.25) is 5.91 Å². The summed E-state index contributed by atoms with van der Waals surface area (Å²) in [5.41, 5.74) is 0. The van der Waals surface area contributed by atoms with Gasteiger partial charge in [-0.25, -0.2) is 0 Å². The molecule has 1 amide bonds. The lowest BCUT2D eigenvalue weighted by atomic mass is 9.87. The van der Waals surface area contributed by atoms with Crippen molar-refractivity contribution in [1.82, 2.24) is 10.2 Å². The van der Waals surface area contributed by atoms with Crippen LogP contribution in [0.5, 0.6) is 0 Å². The van der Waals surface area contributed by atoms with E-state index in [0.717, 1.165) is 44.7 Å². The zero-order valence-electron chi connectivity index (χ0n) is 12.4. The Balaban J connectivity index is 1.64. The zero-order chi connectivity index (χ0) is 13.7. The number of carbonyl (C=O) groups excluding carboxylic acids is 1. The van der Waals surface area contributed by atoms with Crippen LogP contribution in [0.15, 0.2) is 0 Å². The molecule has 0 aromatic rings. The summed E-state index contributed by atoms with van der Waals surface area (Å²) in [4.78, 5) is 14.3. The number of amides is 1. The molecule has 0 atom stereocenters. The fraction of sp³-hybridized carbons (Fsp3) is 0.933. The highest BCUT2D eigenvalue weighted by atomic mass is 16.5. The fourth-order valence-corrected chi connectivity index (χ4v) is 3.18. The average molecular weight is 268 g/mol. The van der Waals surface area contributed by atoms with Gasteiger partial charge < -0.3 is 10.1 Å². The van der Waals surface area contributed by atoms with E-state index in [2.05, 4.69) is 17.1 Å². The predicted molar refractivity (Wildman–Crippen MR) is 76.0 cm³/mol. The Kier molecular flexibility index (Phi) is 5.64. The highest BCUT2D eigenvalue weighted by Crippen LogP contribution is 2.23. The zero-order valence-corrected chi connectivity index (χ0v) is 12.4. The third-order valence-electron chi connectivity index (χ3n) is 4.62. The van der Waals surface area contributed by atoms with Gasteiger partial charge >= 0.3 is 0 Å². The number of hydrogen-bond acceptors (Lipinski definition) is 3. The summed E-state index contributed by atoms with van der Waals surface area (Å²) in [6.45, 7) is 4.82. The van der Waals surface area contributed by atoms with Crippen LogP contribution in [0.4, 0.5) is 0 Å². The van der Waals surface area contributed by atoms with Crippen LogP contribution >= 0.6 is 0 Å². The number of nitrogens with one attached hydrogen (secondary N) is 1. The predicted octanol–water partition coefficient (Wildman–Crippen LogP) is 1.79. The Morgan fingerprint density at radius 3 is 2.37 bits per heavy atom. The van der Waals surface area contributed by atoms with Crippen LogP contribution in [0.2, 0.25) is 0 Å². The minimum Gasteiger partial charge on any atom is -0.381 e. The van der Waals surface area contributed by atoms with E-state index in [4.69, 9.17) is 4.74 Å². The minimum atomic E-state index is 0.204. The van der Waals surface area contributed by atoms with Crippen molar-refractivity contribution in [2.45, 2.75) is 57.6 Å². The van der Waals surface area contributed by atoms with Gasteiger partial charge in [0, 0.05) is 26.2 Å². The normalized spacial score (nSPS) is 30.2. The Labute approximate surface area is 116 Å². The molecule has 1 heterocycles. The summed E-state index contributed by atoms with van der Waals surface area (Å²) in [5, 5.41) is 3.20. The highest BCUT2D eigenvalue weighted by Gasteiger charge is 2.23. The van der Waals surface area contributed by atoms with Crippen LogP contribution in [0.3, 0.4) is 0 Å². The maximum Gasteiger partial charge on any atom is 0.234 e. The van der Waals surface area contributed by atoms with Crippen molar-refractivity contribution in [2.24, 2.45) is 5.92 Å². The lowest BCUT2D eigenvalue weighted by Crippen LogP contribution is -2.46. The summed E-state index contributed by atoms with van der Waals surface area (Å²) in [5.74, 6) is 1.04. The first kappa shape index (κ1) is 14.8. The molecule has 4 heteroatoms. The number of rotatable bonds is 4. The van der Waals surface area contributed by atoms with Crippen LogP contribution in [0, 0.1) is 5.92 Å². The molecular formula is C15H28N2O2. The van der Waals surface area contributed by atoms with Gasteiger partial charge in [0.15, 0.2) is 0 Å². The van der Waals surface area contributed by atoms with Gasteiger partial charge in [-0.15, -0.1) is 0 Å². The molecule has 1 saturated carbocycles. The van der Waals surface area contributed by atoms with Gasteiger partial charge in [-0.2, -0.15) is 0 Å². The third-order valence-corrected chi connectivity index (χ3v) is 4.62. The molecule has 0 spiro atoms. The second-order valence-electron chi connectivity index (χ2n) is 6.24. The van der Waals surface area contributed by atoms with Crippen LogP contribution in [0.1, 0.15) is 45.4 Å². The molecule has 0 aromatic heterocycles. The van der Waals surface area contributed by atoms with Crippen molar-refractivity contribution in [2.75, 3.05) is 26.7 Å². The second-order valence-corrected chi connectivity index (χ2v) is 6.24. The van der Waals surface area contributed by atoms with Crippen molar-refractivity contribution in [1.29, 1.82) is 0 Å². The Morgan fingerprint density at radius 1 is 1.16 bits per heavy atom. The fourth-order valence-electron chi connectivity index (χ4n) is 3.18. The van der Waals surface area contributed by atoms with Crippen molar-refractivity contribution >= 4 is 5.91 Å². The molecule has 0 radical (unpaired) electrons. The minimum absolute atomic E-state index is 0.204. The van der Waals surface area contributed by atoms with E-state index in [-0.39, 0.29) is 5.91 Å². The summed E-state index contributed by atoms with van der Waals surface area (Å²) in [6, 6.07) is 0.417. The monoisotopic (exact) mass is 268 g/mol. The lowest BCUT2D eigenvalue weighted by molar-refractivity contribution is -0.123. The molecule has 0 unspecified atom stereocenters. The van der Waals surface area contributed by atoms with Crippen molar-refractivity contribution < 1.29 is 9.53 Å². The molecule has 2 aliphatic rings. The molecule has 0 bridgehead atoms. The molecule has 1 N–H and O–H groups in total. The molecule has 1 saturated heterocycles. The third kappa shape index (κ3) is 4.77. The first-order valence-electron chi connectivity index (χ1n) is 7.72. The quantitative estimate of drug-likeness (QED) is 0.845. The molecule has 110 valence electrons. The highest BCUT2D eigenvalue weighted by molar-refractivity contribution is 5.78. The maximum atomic E-state index is 12.0. The van der Waals surface area contributed by atoms with Crippen LogP contribution < -0.4 is 5.32 Å². The Bertz CT molecular complexity index is 280. The number of ether oxygens (including phenoxy) is 1. The molecule has 1 aliphatic carbocycles. The van der Waals surface area contributed by atoms with E-state index in [9.17, 15) is 4.79 Å². The van der Waals surface area contributed by atoms with Gasteiger partial charge in [0.1, 0.15) is 0 Å². The van der Waals surface area contributed by atoms with Crippen LogP contribution in [-0.2, 0) is 9.53 Å². The smallest absolute Gasteiger partial charge is 0.234 e. The molecule has 19 heavy (non-hydrogen) atoms. The van der Waals surface area contributed by atoms with Gasteiger partial charge in [-0.3, -0.25) is 9.69 Å². The number of hydrogen-bond donors (Lipinski definition) is 1. The Morgan fingerprint density at radius 2 is 1.79 bits per heavy atom. The molecule has 2 fully saturated rings. The maximum absolute atomic E-state index is 12.0. The molecule has 0 aromatic carbocycles. The first-order chi connectivity index (χ1) is 9.17. The van der Waals surface area contributed by atoms with Crippen molar-refractivity contribution in [3.05, 3.63) is 0 Å². The van der Waals surface area contributed by atoms with E-state index in [1.807, 2.05) is 0 Å². The molecule has 1 aliphatic heterocycles. The average Bonchev–Trinajstić information content (AvgIpc) is 2.42. The lowest BCUT2D eigenvalue weighted by Gasteiger charge is -2.32. The summed E-state index contributed by atoms with van der Waals surface area (Å²) >= 11 is 0. The van der Waals surface area contributed by atoms with Crippen molar-refractivity contribution in [3.8, 4) is 0 Å². The van der Waals surface area contributed by atoms with E-state index in [0.29, 0.717) is 18.7 Å². The van der Waals surface area contributed by atoms with Crippen LogP contribution in [-0.4, -0.2) is 49.7 Å². The van der Waals surface area contributed by atoms with E-state index >= 15 is 0 Å². The van der Waals surface area contributed by atoms with Gasteiger partial charge in [-0.1, -0.05) is 6.92 Å². The van der Waals surface area contributed by atoms with Gasteiger partial charge in [-0.05, 0) is 44.4 Å². The van der Waals surface area contributed by atoms with Gasteiger partial charge in [0.05, 0.1) is 12.6 Å². The van der Waals surface area contributed by atoms with Crippen molar-refractivity contribution in [3.63, 3.8) is 0 Å². The summed E-state index contributed by atoms with van der Waals surface area (Å²) in [6.07, 6.45) is 7.29. The number of nitrogens with zero attached hydrogens (tertiary/aromatic N) is 1. The second kappa shape index (κ2) is 7.25. The largest absolute Gasteiger partial charge is 0.381 e. The van der Waals surface area contributed by atoms with Crippen LogP contribution in [0.25, 0.3) is 0 Å². The van der Waals surface area contributed by atoms with E-state index in [1.54, 1.807) is 7.11 Å².